The molecule has 1 N–H and O–H groups in total. The lowest BCUT2D eigenvalue weighted by molar-refractivity contribution is 0.341. The predicted molar refractivity (Wildman–Crippen MR) is 118 cm³/mol. The molecule has 0 fully saturated rings. The van der Waals surface area contributed by atoms with Gasteiger partial charge in [-0.15, -0.1) is 0 Å². The van der Waals surface area contributed by atoms with Crippen molar-refractivity contribution in [1.82, 2.24) is 0 Å². The highest BCUT2D eigenvalue weighted by Crippen LogP contribution is 2.27. The third-order valence-corrected chi connectivity index (χ3v) is 4.67. The van der Waals surface area contributed by atoms with Gasteiger partial charge < -0.3 is 5.11 Å². The molecular weight excluding hydrogens is 316 g/mol. The monoisotopic (exact) mass is 358 g/mol. The molecule has 0 aromatic carbocycles. The smallest absolute Gasteiger partial charge is 0.0614 e. The highest BCUT2D eigenvalue weighted by atomic mass is 16.2. The van der Waals surface area contributed by atoms with Crippen molar-refractivity contribution in [2.75, 3.05) is 6.61 Å². The van der Waals surface area contributed by atoms with Gasteiger partial charge in [0.1, 0.15) is 0 Å². The number of hydrogen-bond donors (Lipinski definition) is 1. The van der Waals surface area contributed by atoms with Gasteiger partial charge in [0.05, 0.1) is 6.61 Å². The van der Waals surface area contributed by atoms with Crippen LogP contribution in [0.1, 0.15) is 86.5 Å². The minimum atomic E-state index is 0.145. The molecule has 0 aromatic heterocycles. The molecule has 0 rings (SSSR count). The Morgan fingerprint density at radius 3 is 2.12 bits per heavy atom. The molecule has 148 valence electrons. The molecule has 0 unspecified atom stereocenters. The lowest BCUT2D eigenvalue weighted by Crippen LogP contribution is -2.07. The lowest BCUT2D eigenvalue weighted by atomic mass is 9.85. The quantitative estimate of drug-likeness (QED) is 0.334. The third kappa shape index (κ3) is 15.0. The first kappa shape index (κ1) is 24.7. The third-order valence-electron chi connectivity index (χ3n) is 4.67. The number of rotatable bonds is 13. The van der Waals surface area contributed by atoms with E-state index in [0.29, 0.717) is 0 Å². The van der Waals surface area contributed by atoms with Crippen LogP contribution in [0.3, 0.4) is 0 Å². The standard InChI is InChI=1S/C25H42O/c1-21(2)11-10-13-22(3)14-15-24(5)16-19-25(6,7)18-9-8-12-23(4)17-20-26/h9,11,14,17-18,26H,5,8,10,12-13,15-16,19-20H2,1-4,6-7H3/b18-9+,22-14+,23-17+. The Morgan fingerprint density at radius 2 is 1.50 bits per heavy atom. The molecule has 1 nitrogen and oxygen atoms in total. The van der Waals surface area contributed by atoms with Crippen molar-refractivity contribution in [1.29, 1.82) is 0 Å². The summed E-state index contributed by atoms with van der Waals surface area (Å²) in [5, 5.41) is 8.88. The van der Waals surface area contributed by atoms with Gasteiger partial charge in [0.2, 0.25) is 0 Å². The van der Waals surface area contributed by atoms with Crippen molar-refractivity contribution in [2.24, 2.45) is 5.41 Å². The second-order valence-electron chi connectivity index (χ2n) is 8.49. The van der Waals surface area contributed by atoms with Crippen LogP contribution in [0.25, 0.3) is 0 Å². The van der Waals surface area contributed by atoms with Crippen LogP contribution in [0.5, 0.6) is 0 Å². The van der Waals surface area contributed by atoms with Crippen molar-refractivity contribution in [3.05, 3.63) is 59.3 Å². The molecule has 0 amide bonds. The molecule has 0 aliphatic carbocycles. The second-order valence-corrected chi connectivity index (χ2v) is 8.49. The van der Waals surface area contributed by atoms with Gasteiger partial charge in [-0.2, -0.15) is 0 Å². The largest absolute Gasteiger partial charge is 0.392 e. The zero-order valence-corrected chi connectivity index (χ0v) is 18.2. The van der Waals surface area contributed by atoms with Crippen LogP contribution < -0.4 is 0 Å². The maximum Gasteiger partial charge on any atom is 0.0614 e. The first-order valence-corrected chi connectivity index (χ1v) is 10.1. The van der Waals surface area contributed by atoms with Crippen LogP contribution in [0.4, 0.5) is 0 Å². The van der Waals surface area contributed by atoms with Gasteiger partial charge in [-0.05, 0) is 78.1 Å². The fraction of sp³-hybridized carbons (Fsp3) is 0.600. The van der Waals surface area contributed by atoms with E-state index < -0.39 is 0 Å². The van der Waals surface area contributed by atoms with Crippen LogP contribution in [-0.2, 0) is 0 Å². The SMILES string of the molecule is C=C(C/C=C(\C)CCC=C(C)C)CCC(C)(C)/C=C/CC/C(C)=C/CO. The molecule has 0 saturated heterocycles. The Balaban J connectivity index is 4.18. The van der Waals surface area contributed by atoms with Crippen molar-refractivity contribution >= 4 is 0 Å². The number of hydrogen-bond acceptors (Lipinski definition) is 1. The number of aliphatic hydroxyl groups excluding tert-OH is 1. The van der Waals surface area contributed by atoms with Crippen molar-refractivity contribution < 1.29 is 5.11 Å². The minimum absolute atomic E-state index is 0.145. The average molecular weight is 359 g/mol. The molecule has 1 heteroatoms. The first-order valence-electron chi connectivity index (χ1n) is 10.1. The summed E-state index contributed by atoms with van der Waals surface area (Å²) < 4.78 is 0. The van der Waals surface area contributed by atoms with E-state index in [4.69, 9.17) is 5.11 Å². The molecule has 0 saturated carbocycles. The highest BCUT2D eigenvalue weighted by molar-refractivity contribution is 5.10. The molecule has 0 atom stereocenters. The topological polar surface area (TPSA) is 20.2 Å². The van der Waals surface area contributed by atoms with E-state index in [-0.39, 0.29) is 12.0 Å². The van der Waals surface area contributed by atoms with E-state index in [1.165, 1.54) is 22.3 Å². The second kappa shape index (κ2) is 13.8. The maximum atomic E-state index is 8.88. The summed E-state index contributed by atoms with van der Waals surface area (Å²) in [5.41, 5.74) is 5.66. The van der Waals surface area contributed by atoms with E-state index in [0.717, 1.165) is 44.9 Å². The fourth-order valence-electron chi connectivity index (χ4n) is 2.66. The van der Waals surface area contributed by atoms with Gasteiger partial charge in [-0.25, -0.2) is 0 Å². The fourth-order valence-corrected chi connectivity index (χ4v) is 2.66. The van der Waals surface area contributed by atoms with Crippen LogP contribution in [-0.4, -0.2) is 11.7 Å². The Bertz CT molecular complexity index is 522. The zero-order valence-electron chi connectivity index (χ0n) is 18.2. The molecular formula is C25H42O. The van der Waals surface area contributed by atoms with E-state index in [1.807, 2.05) is 6.08 Å². The summed E-state index contributed by atoms with van der Waals surface area (Å²) in [7, 11) is 0. The van der Waals surface area contributed by atoms with Gasteiger partial charge in [0.15, 0.2) is 0 Å². The summed E-state index contributed by atoms with van der Waals surface area (Å²) >= 11 is 0. The van der Waals surface area contributed by atoms with Gasteiger partial charge >= 0.3 is 0 Å². The van der Waals surface area contributed by atoms with Crippen molar-refractivity contribution in [3.8, 4) is 0 Å². The zero-order chi connectivity index (χ0) is 20.0. The van der Waals surface area contributed by atoms with Gasteiger partial charge in [0.25, 0.3) is 0 Å². The van der Waals surface area contributed by atoms with E-state index >= 15 is 0 Å². The summed E-state index contributed by atoms with van der Waals surface area (Å²) in [6, 6.07) is 0. The molecule has 0 aliphatic heterocycles. The molecule has 0 bridgehead atoms. The van der Waals surface area contributed by atoms with Gasteiger partial charge in [-0.3, -0.25) is 0 Å². The van der Waals surface area contributed by atoms with Crippen molar-refractivity contribution in [3.63, 3.8) is 0 Å². The van der Waals surface area contributed by atoms with Gasteiger partial charge in [0, 0.05) is 0 Å². The Labute approximate surface area is 163 Å². The first-order chi connectivity index (χ1) is 12.2. The highest BCUT2D eigenvalue weighted by Gasteiger charge is 2.13. The van der Waals surface area contributed by atoms with Crippen LogP contribution in [0.15, 0.2) is 59.3 Å². The molecule has 0 aromatic rings. The minimum Gasteiger partial charge on any atom is -0.392 e. The summed E-state index contributed by atoms with van der Waals surface area (Å²) in [6.45, 7) is 17.6. The average Bonchev–Trinajstić information content (AvgIpc) is 2.55. The van der Waals surface area contributed by atoms with Crippen molar-refractivity contribution in [2.45, 2.75) is 86.5 Å². The Morgan fingerprint density at radius 1 is 0.885 bits per heavy atom. The van der Waals surface area contributed by atoms with Crippen LogP contribution >= 0.6 is 0 Å². The molecule has 26 heavy (non-hydrogen) atoms. The number of allylic oxidation sites excluding steroid dienone is 8. The Kier molecular flexibility index (Phi) is 13.1. The maximum absolute atomic E-state index is 8.88. The normalized spacial score (nSPS) is 13.3. The molecule has 0 aliphatic rings. The lowest BCUT2D eigenvalue weighted by Gasteiger charge is -2.20. The summed E-state index contributed by atoms with van der Waals surface area (Å²) in [6.07, 6.45) is 18.7. The number of aliphatic hydroxyl groups is 1. The summed E-state index contributed by atoms with van der Waals surface area (Å²) in [5.74, 6) is 0. The molecule has 0 spiro atoms. The van der Waals surface area contributed by atoms with E-state index in [2.05, 4.69) is 72.4 Å². The summed E-state index contributed by atoms with van der Waals surface area (Å²) in [4.78, 5) is 0. The predicted octanol–water partition coefficient (Wildman–Crippen LogP) is 7.71. The van der Waals surface area contributed by atoms with E-state index in [9.17, 15) is 0 Å². The molecule has 0 radical (unpaired) electrons. The van der Waals surface area contributed by atoms with Gasteiger partial charge in [-0.1, -0.05) is 73.1 Å². The van der Waals surface area contributed by atoms with E-state index in [1.54, 1.807) is 0 Å². The molecule has 0 heterocycles. The Hall–Kier alpha value is -1.34. The van der Waals surface area contributed by atoms with Crippen LogP contribution in [0, 0.1) is 5.41 Å². The van der Waals surface area contributed by atoms with Crippen LogP contribution in [0.2, 0.25) is 0 Å².